The lowest BCUT2D eigenvalue weighted by Crippen LogP contribution is -2.27. The summed E-state index contributed by atoms with van der Waals surface area (Å²) < 4.78 is 0. The monoisotopic (exact) mass is 313 g/mol. The first kappa shape index (κ1) is 17.2. The van der Waals surface area contributed by atoms with E-state index in [4.69, 9.17) is 11.6 Å². The predicted octanol–water partition coefficient (Wildman–Crippen LogP) is 3.27. The number of likely N-dealkylation sites (N-methyl/N-ethyl adjacent to an activating group) is 2. The van der Waals surface area contributed by atoms with Crippen molar-refractivity contribution in [2.75, 3.05) is 27.2 Å². The third kappa shape index (κ3) is 3.83. The first-order chi connectivity index (χ1) is 9.13. The van der Waals surface area contributed by atoms with E-state index in [1.165, 1.54) is 0 Å². The molecule has 0 aliphatic rings. The van der Waals surface area contributed by atoms with Crippen LogP contribution in [0.5, 0.6) is 0 Å². The van der Waals surface area contributed by atoms with Gasteiger partial charge in [0, 0.05) is 25.0 Å². The molecule has 0 aliphatic carbocycles. The van der Waals surface area contributed by atoms with Crippen LogP contribution in [0, 0.1) is 6.92 Å². The van der Waals surface area contributed by atoms with Crippen molar-refractivity contribution < 1.29 is 0 Å². The molecule has 0 saturated carbocycles. The standard InChI is InChI=1S/C15H20ClN3.ClH/c1-11-12-6-4-5-7-13(12)18-14(15(11)16)10-19(3)9-8-17-2;/h4-7,17H,8-10H2,1-3H3;1H. The molecule has 0 saturated heterocycles. The molecule has 2 aromatic rings. The zero-order chi connectivity index (χ0) is 13.8. The van der Waals surface area contributed by atoms with Crippen LogP contribution < -0.4 is 5.32 Å². The van der Waals surface area contributed by atoms with Crippen LogP contribution in [0.25, 0.3) is 10.9 Å². The molecule has 2 rings (SSSR count). The van der Waals surface area contributed by atoms with Gasteiger partial charge in [0.1, 0.15) is 0 Å². The van der Waals surface area contributed by atoms with Crippen molar-refractivity contribution in [2.24, 2.45) is 0 Å². The molecule has 0 bridgehead atoms. The summed E-state index contributed by atoms with van der Waals surface area (Å²) in [5.74, 6) is 0. The van der Waals surface area contributed by atoms with Crippen LogP contribution in [0.15, 0.2) is 24.3 Å². The van der Waals surface area contributed by atoms with Crippen molar-refractivity contribution in [3.63, 3.8) is 0 Å². The SMILES string of the molecule is CNCCN(C)Cc1nc2ccccc2c(C)c1Cl.Cl. The van der Waals surface area contributed by atoms with Gasteiger partial charge in [-0.3, -0.25) is 4.90 Å². The van der Waals surface area contributed by atoms with Crippen molar-refractivity contribution >= 4 is 34.9 Å². The Kier molecular flexibility index (Phi) is 6.69. The minimum atomic E-state index is 0. The minimum absolute atomic E-state index is 0. The average molecular weight is 314 g/mol. The van der Waals surface area contributed by atoms with Crippen molar-refractivity contribution in [3.05, 3.63) is 40.5 Å². The lowest BCUT2D eigenvalue weighted by Gasteiger charge is -2.18. The number of nitrogens with one attached hydrogen (secondary N) is 1. The minimum Gasteiger partial charge on any atom is -0.318 e. The number of benzene rings is 1. The van der Waals surface area contributed by atoms with Gasteiger partial charge in [-0.05, 0) is 32.6 Å². The van der Waals surface area contributed by atoms with Gasteiger partial charge in [-0.2, -0.15) is 0 Å². The highest BCUT2D eigenvalue weighted by atomic mass is 35.5. The molecular formula is C15H21Cl2N3. The van der Waals surface area contributed by atoms with Gasteiger partial charge in [-0.15, -0.1) is 12.4 Å². The van der Waals surface area contributed by atoms with Crippen LogP contribution in [0.1, 0.15) is 11.3 Å². The summed E-state index contributed by atoms with van der Waals surface area (Å²) in [5, 5.41) is 5.07. The maximum atomic E-state index is 6.45. The van der Waals surface area contributed by atoms with Gasteiger partial charge in [0.15, 0.2) is 0 Å². The molecule has 0 radical (unpaired) electrons. The van der Waals surface area contributed by atoms with Crippen LogP contribution in [-0.4, -0.2) is 37.1 Å². The van der Waals surface area contributed by atoms with E-state index >= 15 is 0 Å². The Hall–Kier alpha value is -0.870. The highest BCUT2D eigenvalue weighted by Gasteiger charge is 2.11. The molecule has 0 aliphatic heterocycles. The fourth-order valence-corrected chi connectivity index (χ4v) is 2.36. The van der Waals surface area contributed by atoms with E-state index in [2.05, 4.69) is 35.2 Å². The molecule has 0 amide bonds. The third-order valence-corrected chi connectivity index (χ3v) is 3.81. The molecule has 1 heterocycles. The van der Waals surface area contributed by atoms with Gasteiger partial charge >= 0.3 is 0 Å². The number of halogens is 2. The summed E-state index contributed by atoms with van der Waals surface area (Å²) in [4.78, 5) is 6.91. The van der Waals surface area contributed by atoms with Gasteiger partial charge < -0.3 is 5.32 Å². The van der Waals surface area contributed by atoms with Gasteiger partial charge in [0.25, 0.3) is 0 Å². The second-order valence-corrected chi connectivity index (χ2v) is 5.23. The fourth-order valence-electron chi connectivity index (χ4n) is 2.16. The quantitative estimate of drug-likeness (QED) is 0.918. The summed E-state index contributed by atoms with van der Waals surface area (Å²) >= 11 is 6.45. The molecule has 1 N–H and O–H groups in total. The van der Waals surface area contributed by atoms with E-state index in [9.17, 15) is 0 Å². The number of hydrogen-bond acceptors (Lipinski definition) is 3. The normalized spacial score (nSPS) is 10.8. The molecule has 1 aromatic heterocycles. The van der Waals surface area contributed by atoms with Crippen LogP contribution in [-0.2, 0) is 6.54 Å². The summed E-state index contributed by atoms with van der Waals surface area (Å²) in [6.45, 7) is 4.76. The highest BCUT2D eigenvalue weighted by molar-refractivity contribution is 6.32. The molecule has 20 heavy (non-hydrogen) atoms. The summed E-state index contributed by atoms with van der Waals surface area (Å²) in [6, 6.07) is 8.14. The summed E-state index contributed by atoms with van der Waals surface area (Å²) in [6.07, 6.45) is 0. The Morgan fingerprint density at radius 1 is 1.30 bits per heavy atom. The Bertz CT molecular complexity index is 572. The molecule has 3 nitrogen and oxygen atoms in total. The van der Waals surface area contributed by atoms with E-state index < -0.39 is 0 Å². The lowest BCUT2D eigenvalue weighted by atomic mass is 10.1. The Balaban J connectivity index is 0.00000200. The van der Waals surface area contributed by atoms with Crippen LogP contribution in [0.2, 0.25) is 5.02 Å². The Morgan fingerprint density at radius 2 is 2.00 bits per heavy atom. The second kappa shape index (κ2) is 7.79. The molecule has 0 atom stereocenters. The van der Waals surface area contributed by atoms with Crippen molar-refractivity contribution in [1.29, 1.82) is 0 Å². The number of pyridine rings is 1. The van der Waals surface area contributed by atoms with Crippen LogP contribution in [0.3, 0.4) is 0 Å². The van der Waals surface area contributed by atoms with E-state index in [0.717, 1.165) is 46.8 Å². The number of aromatic nitrogens is 1. The highest BCUT2D eigenvalue weighted by Crippen LogP contribution is 2.27. The smallest absolute Gasteiger partial charge is 0.0740 e. The van der Waals surface area contributed by atoms with Gasteiger partial charge in [0.05, 0.1) is 16.2 Å². The van der Waals surface area contributed by atoms with Crippen LogP contribution in [0.4, 0.5) is 0 Å². The number of para-hydroxylation sites is 1. The molecule has 1 aromatic carbocycles. The average Bonchev–Trinajstić information content (AvgIpc) is 2.42. The molecule has 5 heteroatoms. The number of fused-ring (bicyclic) bond motifs is 1. The van der Waals surface area contributed by atoms with Gasteiger partial charge in [-0.1, -0.05) is 29.8 Å². The maximum absolute atomic E-state index is 6.45. The van der Waals surface area contributed by atoms with Crippen molar-refractivity contribution in [3.8, 4) is 0 Å². The Labute approximate surface area is 131 Å². The number of rotatable bonds is 5. The fraction of sp³-hybridized carbons (Fsp3) is 0.400. The van der Waals surface area contributed by atoms with Crippen molar-refractivity contribution in [2.45, 2.75) is 13.5 Å². The molecule has 0 spiro atoms. The first-order valence-corrected chi connectivity index (χ1v) is 6.88. The van der Waals surface area contributed by atoms with E-state index in [1.54, 1.807) is 0 Å². The first-order valence-electron chi connectivity index (χ1n) is 6.50. The van der Waals surface area contributed by atoms with E-state index in [-0.39, 0.29) is 12.4 Å². The third-order valence-electron chi connectivity index (χ3n) is 3.31. The lowest BCUT2D eigenvalue weighted by molar-refractivity contribution is 0.324. The number of hydrogen-bond donors (Lipinski definition) is 1. The number of nitrogens with zero attached hydrogens (tertiary/aromatic N) is 2. The van der Waals surface area contributed by atoms with E-state index in [1.807, 2.05) is 25.2 Å². The molecule has 110 valence electrons. The second-order valence-electron chi connectivity index (χ2n) is 4.86. The van der Waals surface area contributed by atoms with Crippen molar-refractivity contribution in [1.82, 2.24) is 15.2 Å². The summed E-state index contributed by atoms with van der Waals surface area (Å²) in [5.41, 5.74) is 3.09. The zero-order valence-electron chi connectivity index (χ0n) is 12.1. The Morgan fingerprint density at radius 3 is 2.70 bits per heavy atom. The van der Waals surface area contributed by atoms with Gasteiger partial charge in [0.2, 0.25) is 0 Å². The molecule has 0 unspecified atom stereocenters. The largest absolute Gasteiger partial charge is 0.318 e. The summed E-state index contributed by atoms with van der Waals surface area (Å²) in [7, 11) is 4.04. The van der Waals surface area contributed by atoms with E-state index in [0.29, 0.717) is 0 Å². The zero-order valence-corrected chi connectivity index (χ0v) is 13.7. The van der Waals surface area contributed by atoms with Gasteiger partial charge in [-0.25, -0.2) is 4.98 Å². The topological polar surface area (TPSA) is 28.2 Å². The molecular weight excluding hydrogens is 293 g/mol. The molecule has 0 fully saturated rings. The number of aryl methyl sites for hydroxylation is 1. The van der Waals surface area contributed by atoms with Crippen LogP contribution >= 0.6 is 24.0 Å². The maximum Gasteiger partial charge on any atom is 0.0740 e. The predicted molar refractivity (Wildman–Crippen MR) is 89.0 cm³/mol.